The monoisotopic (exact) mass is 365 g/mol. The van der Waals surface area contributed by atoms with Crippen molar-refractivity contribution in [2.24, 2.45) is 0 Å². The highest BCUT2D eigenvalue weighted by atomic mass is 16.6. The lowest BCUT2D eigenvalue weighted by Gasteiger charge is -2.41. The van der Waals surface area contributed by atoms with Gasteiger partial charge in [0.25, 0.3) is 0 Å². The number of hydrogen-bond acceptors (Lipinski definition) is 6. The number of benzene rings is 1. The Bertz CT molecular complexity index is 699. The van der Waals surface area contributed by atoms with E-state index in [0.717, 1.165) is 0 Å². The molecule has 1 aliphatic rings. The fraction of sp³-hybridized carbons (Fsp3) is 0.556. The van der Waals surface area contributed by atoms with Crippen molar-refractivity contribution in [3.8, 4) is 5.75 Å². The number of carboxylic acids is 1. The molecule has 1 amide bonds. The van der Waals surface area contributed by atoms with Crippen LogP contribution in [-0.4, -0.2) is 60.5 Å². The van der Waals surface area contributed by atoms with Gasteiger partial charge in [-0.2, -0.15) is 0 Å². The second-order valence-electron chi connectivity index (χ2n) is 7.39. The van der Waals surface area contributed by atoms with Crippen LogP contribution >= 0.6 is 0 Å². The Morgan fingerprint density at radius 2 is 1.92 bits per heavy atom. The van der Waals surface area contributed by atoms with Gasteiger partial charge in [-0.1, -0.05) is 0 Å². The smallest absolute Gasteiger partial charge is 0.410 e. The zero-order chi connectivity index (χ0) is 19.6. The van der Waals surface area contributed by atoms with E-state index >= 15 is 0 Å². The molecule has 2 rings (SSSR count). The Morgan fingerprint density at radius 3 is 2.42 bits per heavy atom. The minimum absolute atomic E-state index is 0.0727. The second-order valence-corrected chi connectivity index (χ2v) is 7.39. The molecule has 1 fully saturated rings. The molecule has 0 aromatic heterocycles. The van der Waals surface area contributed by atoms with Crippen LogP contribution in [0.25, 0.3) is 0 Å². The topological polar surface area (TPSA) is 105 Å². The van der Waals surface area contributed by atoms with E-state index in [-0.39, 0.29) is 17.7 Å². The van der Waals surface area contributed by atoms with Crippen LogP contribution in [0.3, 0.4) is 0 Å². The lowest BCUT2D eigenvalue weighted by Crippen LogP contribution is -2.55. The largest absolute Gasteiger partial charge is 0.494 e. The van der Waals surface area contributed by atoms with Crippen LogP contribution in [0.15, 0.2) is 12.1 Å². The highest BCUT2D eigenvalue weighted by Gasteiger charge is 2.32. The summed E-state index contributed by atoms with van der Waals surface area (Å²) in [6, 6.07) is 2.78. The van der Waals surface area contributed by atoms with Crippen molar-refractivity contribution in [3.63, 3.8) is 0 Å². The van der Waals surface area contributed by atoms with Crippen LogP contribution < -0.4 is 15.4 Å². The maximum absolute atomic E-state index is 12.3. The molecular formula is C18H27N3O5. The number of anilines is 2. The van der Waals surface area contributed by atoms with Gasteiger partial charge in [0.1, 0.15) is 17.0 Å². The van der Waals surface area contributed by atoms with Crippen molar-refractivity contribution in [2.45, 2.75) is 39.3 Å². The standard InChI is InChI=1S/C18H27N3O5/c1-11-10-20(6-7-21(11)17(24)26-18(2,3)4)15-13(19)8-12(16(22)23)9-14(15)25-5/h8-9,11H,6-7,10,19H2,1-5H3,(H,22,23)/t11-/m1/s1. The van der Waals surface area contributed by atoms with E-state index in [9.17, 15) is 14.7 Å². The van der Waals surface area contributed by atoms with Crippen LogP contribution in [0.5, 0.6) is 5.75 Å². The summed E-state index contributed by atoms with van der Waals surface area (Å²) >= 11 is 0. The number of rotatable bonds is 3. The van der Waals surface area contributed by atoms with E-state index in [1.807, 2.05) is 32.6 Å². The molecule has 0 unspecified atom stereocenters. The molecule has 8 nitrogen and oxygen atoms in total. The first-order chi connectivity index (χ1) is 12.0. The number of amides is 1. The van der Waals surface area contributed by atoms with Gasteiger partial charge in [-0.25, -0.2) is 9.59 Å². The van der Waals surface area contributed by atoms with E-state index in [1.165, 1.54) is 19.2 Å². The maximum atomic E-state index is 12.3. The molecule has 0 saturated carbocycles. The molecule has 1 aliphatic heterocycles. The van der Waals surface area contributed by atoms with Gasteiger partial charge in [0, 0.05) is 25.7 Å². The fourth-order valence-corrected chi connectivity index (χ4v) is 3.00. The average molecular weight is 365 g/mol. The Balaban J connectivity index is 2.21. The van der Waals surface area contributed by atoms with Crippen molar-refractivity contribution in [1.29, 1.82) is 0 Å². The van der Waals surface area contributed by atoms with Crippen molar-refractivity contribution in [1.82, 2.24) is 4.90 Å². The summed E-state index contributed by atoms with van der Waals surface area (Å²) in [5, 5.41) is 9.18. The number of carboxylic acid groups (broad SMARTS) is 1. The SMILES string of the molecule is COc1cc(C(=O)O)cc(N)c1N1CCN(C(=O)OC(C)(C)C)[C@H](C)C1. The number of aromatic carboxylic acids is 1. The normalized spacial score (nSPS) is 17.8. The predicted molar refractivity (Wildman–Crippen MR) is 99.0 cm³/mol. The number of nitrogens with zero attached hydrogens (tertiary/aromatic N) is 2. The first-order valence-corrected chi connectivity index (χ1v) is 8.49. The fourth-order valence-electron chi connectivity index (χ4n) is 3.00. The van der Waals surface area contributed by atoms with E-state index < -0.39 is 11.6 Å². The van der Waals surface area contributed by atoms with Crippen molar-refractivity contribution in [2.75, 3.05) is 37.4 Å². The highest BCUT2D eigenvalue weighted by Crippen LogP contribution is 2.37. The molecular weight excluding hydrogens is 338 g/mol. The molecule has 1 saturated heterocycles. The summed E-state index contributed by atoms with van der Waals surface area (Å²) in [4.78, 5) is 27.3. The number of piperazine rings is 1. The Kier molecular flexibility index (Phi) is 5.53. The first kappa shape index (κ1) is 19.7. The zero-order valence-corrected chi connectivity index (χ0v) is 15.9. The predicted octanol–water partition coefficient (Wildman–Crippen LogP) is 2.42. The molecule has 26 heavy (non-hydrogen) atoms. The molecule has 1 atom stereocenters. The molecule has 8 heteroatoms. The number of hydrogen-bond donors (Lipinski definition) is 2. The zero-order valence-electron chi connectivity index (χ0n) is 15.9. The minimum Gasteiger partial charge on any atom is -0.494 e. The summed E-state index contributed by atoms with van der Waals surface area (Å²) in [6.45, 7) is 8.98. The van der Waals surface area contributed by atoms with E-state index in [0.29, 0.717) is 36.8 Å². The molecule has 0 bridgehead atoms. The van der Waals surface area contributed by atoms with Gasteiger partial charge in [0.15, 0.2) is 0 Å². The van der Waals surface area contributed by atoms with E-state index in [2.05, 4.69) is 0 Å². The van der Waals surface area contributed by atoms with Gasteiger partial charge in [-0.15, -0.1) is 0 Å². The van der Waals surface area contributed by atoms with Crippen LogP contribution in [0.1, 0.15) is 38.1 Å². The average Bonchev–Trinajstić information content (AvgIpc) is 2.51. The molecule has 0 spiro atoms. The van der Waals surface area contributed by atoms with Gasteiger partial charge in [-0.05, 0) is 39.8 Å². The lowest BCUT2D eigenvalue weighted by molar-refractivity contribution is 0.0159. The van der Waals surface area contributed by atoms with Gasteiger partial charge in [-0.3, -0.25) is 0 Å². The number of nitrogens with two attached hydrogens (primary N) is 1. The number of nitrogen functional groups attached to an aromatic ring is 1. The lowest BCUT2D eigenvalue weighted by atomic mass is 10.1. The summed E-state index contributed by atoms with van der Waals surface area (Å²) in [5.41, 5.74) is 6.60. The van der Waals surface area contributed by atoms with Crippen molar-refractivity contribution >= 4 is 23.4 Å². The molecule has 0 aliphatic carbocycles. The third kappa shape index (κ3) is 4.30. The summed E-state index contributed by atoms with van der Waals surface area (Å²) in [7, 11) is 1.48. The molecule has 0 radical (unpaired) electrons. The summed E-state index contributed by atoms with van der Waals surface area (Å²) in [5.74, 6) is -0.662. The minimum atomic E-state index is -1.07. The molecule has 1 aromatic rings. The van der Waals surface area contributed by atoms with Gasteiger partial charge in [0.05, 0.1) is 18.4 Å². The van der Waals surface area contributed by atoms with Crippen LogP contribution in [0.2, 0.25) is 0 Å². The third-order valence-electron chi connectivity index (χ3n) is 4.14. The molecule has 144 valence electrons. The number of ether oxygens (including phenoxy) is 2. The number of carbonyl (C=O) groups is 2. The molecule has 1 aromatic carbocycles. The Hall–Kier alpha value is -2.64. The Labute approximate surface area is 153 Å². The maximum Gasteiger partial charge on any atom is 0.410 e. The quantitative estimate of drug-likeness (QED) is 0.793. The second kappa shape index (κ2) is 7.31. The van der Waals surface area contributed by atoms with Gasteiger partial charge < -0.3 is 30.1 Å². The third-order valence-corrected chi connectivity index (χ3v) is 4.14. The number of carbonyl (C=O) groups excluding carboxylic acids is 1. The van der Waals surface area contributed by atoms with Crippen molar-refractivity contribution in [3.05, 3.63) is 17.7 Å². The van der Waals surface area contributed by atoms with Crippen LogP contribution in [0, 0.1) is 0 Å². The number of methoxy groups -OCH3 is 1. The summed E-state index contributed by atoms with van der Waals surface area (Å²) < 4.78 is 10.8. The van der Waals surface area contributed by atoms with E-state index in [1.54, 1.807) is 4.90 Å². The molecule has 3 N–H and O–H groups in total. The van der Waals surface area contributed by atoms with Crippen LogP contribution in [0.4, 0.5) is 16.2 Å². The van der Waals surface area contributed by atoms with Crippen molar-refractivity contribution < 1.29 is 24.2 Å². The summed E-state index contributed by atoms with van der Waals surface area (Å²) in [6.07, 6.45) is -0.342. The van der Waals surface area contributed by atoms with Gasteiger partial charge in [0.2, 0.25) is 0 Å². The van der Waals surface area contributed by atoms with Gasteiger partial charge >= 0.3 is 12.1 Å². The molecule has 1 heterocycles. The van der Waals surface area contributed by atoms with E-state index in [4.69, 9.17) is 15.2 Å². The van der Waals surface area contributed by atoms with Crippen LogP contribution in [-0.2, 0) is 4.74 Å². The Morgan fingerprint density at radius 1 is 1.27 bits per heavy atom. The highest BCUT2D eigenvalue weighted by molar-refractivity contribution is 5.92. The first-order valence-electron chi connectivity index (χ1n) is 8.49.